The smallest absolute Gasteiger partial charge is 0.326 e. The highest BCUT2D eigenvalue weighted by molar-refractivity contribution is 7.17. The van der Waals surface area contributed by atoms with Crippen LogP contribution in [0.4, 0.5) is 4.39 Å². The van der Waals surface area contributed by atoms with Gasteiger partial charge in [0.15, 0.2) is 0 Å². The molecule has 22 heavy (non-hydrogen) atoms. The number of nitrogens with zero attached hydrogens (tertiary/aromatic N) is 1. The molecule has 0 radical (unpaired) electrons. The number of carboxylic acid groups (broad SMARTS) is 1. The lowest BCUT2D eigenvalue weighted by Crippen LogP contribution is -2.40. The highest BCUT2D eigenvalue weighted by atomic mass is 32.1. The number of halogens is 1. The summed E-state index contributed by atoms with van der Waals surface area (Å²) >= 11 is 1.25. The number of hydrogen-bond donors (Lipinski definition) is 1. The molecule has 1 unspecified atom stereocenters. The van der Waals surface area contributed by atoms with Crippen molar-refractivity contribution in [2.45, 2.75) is 18.9 Å². The van der Waals surface area contributed by atoms with Crippen molar-refractivity contribution in [1.82, 2.24) is 4.90 Å². The fourth-order valence-electron chi connectivity index (χ4n) is 2.66. The summed E-state index contributed by atoms with van der Waals surface area (Å²) in [6.07, 6.45) is 1.19. The maximum Gasteiger partial charge on any atom is 0.326 e. The summed E-state index contributed by atoms with van der Waals surface area (Å²) in [6.45, 7) is 0.461. The number of carbonyl (C=O) groups excluding carboxylic acids is 1. The Bertz CT molecular complexity index is 728. The standard InChI is InChI=1S/C16H14FNO3S/c17-11-4-1-3-10(9-11)13-6-7-14(22-13)15(19)18-8-2-5-12(18)16(20)21/h1,3-4,6-7,9,12H,2,5,8H2,(H,20,21). The van der Waals surface area contributed by atoms with Crippen LogP contribution in [-0.4, -0.2) is 34.5 Å². The zero-order valence-corrected chi connectivity index (χ0v) is 12.5. The van der Waals surface area contributed by atoms with E-state index in [0.29, 0.717) is 29.8 Å². The molecule has 2 aromatic rings. The molecule has 1 aromatic carbocycles. The van der Waals surface area contributed by atoms with E-state index in [1.807, 2.05) is 0 Å². The van der Waals surface area contributed by atoms with Gasteiger partial charge in [0, 0.05) is 11.4 Å². The van der Waals surface area contributed by atoms with Gasteiger partial charge < -0.3 is 10.0 Å². The van der Waals surface area contributed by atoms with Gasteiger partial charge in [-0.25, -0.2) is 9.18 Å². The number of carboxylic acids is 1. The van der Waals surface area contributed by atoms with Gasteiger partial charge in [-0.05, 0) is 42.7 Å². The predicted octanol–water partition coefficient (Wildman–Crippen LogP) is 3.24. The highest BCUT2D eigenvalue weighted by Crippen LogP contribution is 2.30. The van der Waals surface area contributed by atoms with Gasteiger partial charge in [0.2, 0.25) is 0 Å². The quantitative estimate of drug-likeness (QED) is 0.945. The van der Waals surface area contributed by atoms with Crippen LogP contribution in [0.1, 0.15) is 22.5 Å². The second kappa shape index (κ2) is 5.88. The number of benzene rings is 1. The van der Waals surface area contributed by atoms with Crippen LogP contribution in [0.3, 0.4) is 0 Å². The van der Waals surface area contributed by atoms with Crippen molar-refractivity contribution in [3.8, 4) is 10.4 Å². The third-order valence-electron chi connectivity index (χ3n) is 3.72. The SMILES string of the molecule is O=C(O)C1CCCN1C(=O)c1ccc(-c2cccc(F)c2)s1. The minimum absolute atomic E-state index is 0.266. The summed E-state index contributed by atoms with van der Waals surface area (Å²) in [5, 5.41) is 9.16. The molecule has 1 amide bonds. The number of carbonyl (C=O) groups is 2. The van der Waals surface area contributed by atoms with Crippen LogP contribution in [0.15, 0.2) is 36.4 Å². The predicted molar refractivity (Wildman–Crippen MR) is 81.4 cm³/mol. The molecule has 0 bridgehead atoms. The Morgan fingerprint density at radius 3 is 2.82 bits per heavy atom. The molecular formula is C16H14FNO3S. The van der Waals surface area contributed by atoms with E-state index in [-0.39, 0.29) is 11.7 Å². The molecule has 1 aromatic heterocycles. The summed E-state index contributed by atoms with van der Waals surface area (Å²) < 4.78 is 13.3. The molecule has 0 saturated carbocycles. The summed E-state index contributed by atoms with van der Waals surface area (Å²) in [4.78, 5) is 26.3. The van der Waals surface area contributed by atoms with Crippen LogP contribution in [0.5, 0.6) is 0 Å². The van der Waals surface area contributed by atoms with Crippen LogP contribution < -0.4 is 0 Å². The minimum Gasteiger partial charge on any atom is -0.480 e. The van der Waals surface area contributed by atoms with Gasteiger partial charge in [-0.1, -0.05) is 12.1 Å². The van der Waals surface area contributed by atoms with Crippen molar-refractivity contribution < 1.29 is 19.1 Å². The molecular weight excluding hydrogens is 305 g/mol. The monoisotopic (exact) mass is 319 g/mol. The minimum atomic E-state index is -0.965. The molecule has 4 nitrogen and oxygen atoms in total. The van der Waals surface area contributed by atoms with E-state index in [0.717, 1.165) is 4.88 Å². The first kappa shape index (κ1) is 14.7. The van der Waals surface area contributed by atoms with Gasteiger partial charge in [-0.2, -0.15) is 0 Å². The summed E-state index contributed by atoms with van der Waals surface area (Å²) in [5.41, 5.74) is 0.709. The molecule has 114 valence electrons. The third kappa shape index (κ3) is 2.74. The van der Waals surface area contributed by atoms with Gasteiger partial charge in [-0.3, -0.25) is 4.79 Å². The number of aliphatic carboxylic acids is 1. The lowest BCUT2D eigenvalue weighted by molar-refractivity contribution is -0.141. The summed E-state index contributed by atoms with van der Waals surface area (Å²) in [5.74, 6) is -1.56. The van der Waals surface area contributed by atoms with E-state index in [1.165, 1.54) is 28.4 Å². The van der Waals surface area contributed by atoms with E-state index in [1.54, 1.807) is 24.3 Å². The Balaban J connectivity index is 1.84. The molecule has 1 N–H and O–H groups in total. The number of amides is 1. The summed E-state index contributed by atoms with van der Waals surface area (Å²) in [7, 11) is 0. The maximum absolute atomic E-state index is 13.3. The number of hydrogen-bond acceptors (Lipinski definition) is 3. The van der Waals surface area contributed by atoms with E-state index in [4.69, 9.17) is 5.11 Å². The maximum atomic E-state index is 13.3. The first-order chi connectivity index (χ1) is 10.6. The average molecular weight is 319 g/mol. The molecule has 6 heteroatoms. The molecule has 0 spiro atoms. The second-order valence-electron chi connectivity index (χ2n) is 5.17. The second-order valence-corrected chi connectivity index (χ2v) is 6.25. The van der Waals surface area contributed by atoms with Crippen LogP contribution in [0.25, 0.3) is 10.4 Å². The Kier molecular flexibility index (Phi) is 3.94. The van der Waals surface area contributed by atoms with Crippen LogP contribution in [0, 0.1) is 5.82 Å². The van der Waals surface area contributed by atoms with Crippen LogP contribution >= 0.6 is 11.3 Å². The zero-order chi connectivity index (χ0) is 15.7. The van der Waals surface area contributed by atoms with Gasteiger partial charge in [0.1, 0.15) is 11.9 Å². The van der Waals surface area contributed by atoms with Crippen molar-refractivity contribution >= 4 is 23.2 Å². The van der Waals surface area contributed by atoms with Crippen molar-refractivity contribution in [2.24, 2.45) is 0 Å². The molecule has 2 heterocycles. The Morgan fingerprint density at radius 1 is 1.27 bits per heavy atom. The fourth-order valence-corrected chi connectivity index (χ4v) is 3.62. The normalized spacial score (nSPS) is 17.7. The molecule has 0 aliphatic carbocycles. The molecule has 3 rings (SSSR count). The molecule has 1 atom stereocenters. The number of thiophene rings is 1. The number of likely N-dealkylation sites (tertiary alicyclic amines) is 1. The zero-order valence-electron chi connectivity index (χ0n) is 11.7. The topological polar surface area (TPSA) is 57.6 Å². The van der Waals surface area contributed by atoms with Crippen molar-refractivity contribution in [3.63, 3.8) is 0 Å². The highest BCUT2D eigenvalue weighted by Gasteiger charge is 2.34. The van der Waals surface area contributed by atoms with Crippen molar-refractivity contribution in [3.05, 3.63) is 47.1 Å². The van der Waals surface area contributed by atoms with E-state index in [2.05, 4.69) is 0 Å². The largest absolute Gasteiger partial charge is 0.480 e. The first-order valence-corrected chi connectivity index (χ1v) is 7.77. The van der Waals surface area contributed by atoms with Crippen molar-refractivity contribution in [2.75, 3.05) is 6.54 Å². The van der Waals surface area contributed by atoms with Crippen molar-refractivity contribution in [1.29, 1.82) is 0 Å². The fraction of sp³-hybridized carbons (Fsp3) is 0.250. The van der Waals surface area contributed by atoms with Gasteiger partial charge in [-0.15, -0.1) is 11.3 Å². The number of rotatable bonds is 3. The lowest BCUT2D eigenvalue weighted by Gasteiger charge is -2.20. The molecule has 1 aliphatic heterocycles. The Hall–Kier alpha value is -2.21. The Labute approximate surface area is 130 Å². The molecule has 1 aliphatic rings. The molecule has 1 saturated heterocycles. The Morgan fingerprint density at radius 2 is 2.09 bits per heavy atom. The van der Waals surface area contributed by atoms with Crippen LogP contribution in [-0.2, 0) is 4.79 Å². The van der Waals surface area contributed by atoms with Gasteiger partial charge in [0.05, 0.1) is 4.88 Å². The van der Waals surface area contributed by atoms with Gasteiger partial charge >= 0.3 is 5.97 Å². The van der Waals surface area contributed by atoms with E-state index >= 15 is 0 Å². The van der Waals surface area contributed by atoms with E-state index < -0.39 is 12.0 Å². The first-order valence-electron chi connectivity index (χ1n) is 6.96. The third-order valence-corrected chi connectivity index (χ3v) is 4.85. The summed E-state index contributed by atoms with van der Waals surface area (Å²) in [6, 6.07) is 8.86. The van der Waals surface area contributed by atoms with Gasteiger partial charge in [0.25, 0.3) is 5.91 Å². The average Bonchev–Trinajstić information content (AvgIpc) is 3.16. The van der Waals surface area contributed by atoms with E-state index in [9.17, 15) is 14.0 Å². The van der Waals surface area contributed by atoms with Crippen LogP contribution in [0.2, 0.25) is 0 Å². The molecule has 1 fully saturated rings. The lowest BCUT2D eigenvalue weighted by atomic mass is 10.2.